The van der Waals surface area contributed by atoms with E-state index in [1.807, 2.05) is 6.07 Å². The summed E-state index contributed by atoms with van der Waals surface area (Å²) >= 11 is 0. The van der Waals surface area contributed by atoms with E-state index < -0.39 is 0 Å². The molecule has 80 valence electrons. The molecule has 1 saturated carbocycles. The van der Waals surface area contributed by atoms with E-state index in [2.05, 4.69) is 31.2 Å². The number of hydrogen-bond acceptors (Lipinski definition) is 1. The molecule has 1 aliphatic rings. The summed E-state index contributed by atoms with van der Waals surface area (Å²) in [6, 6.07) is 10.4. The zero-order valence-corrected chi connectivity index (χ0v) is 9.28. The summed E-state index contributed by atoms with van der Waals surface area (Å²) in [6.45, 7) is 2.12. The Labute approximate surface area is 91.5 Å². The zero-order valence-electron chi connectivity index (χ0n) is 9.28. The van der Waals surface area contributed by atoms with E-state index >= 15 is 0 Å². The Morgan fingerprint density at radius 2 is 1.93 bits per heavy atom. The van der Waals surface area contributed by atoms with Gasteiger partial charge in [-0.15, -0.1) is 0 Å². The predicted octanol–water partition coefficient (Wildman–Crippen LogP) is 3.55. The molecule has 1 aliphatic carbocycles. The summed E-state index contributed by atoms with van der Waals surface area (Å²) in [5.41, 5.74) is 1.33. The Balaban J connectivity index is 2.06. The minimum Gasteiger partial charge on any atom is -0.299 e. The van der Waals surface area contributed by atoms with Crippen molar-refractivity contribution in [2.45, 2.75) is 38.5 Å². The van der Waals surface area contributed by atoms with Gasteiger partial charge in [0.2, 0.25) is 0 Å². The van der Waals surface area contributed by atoms with Gasteiger partial charge in [-0.1, -0.05) is 37.3 Å². The van der Waals surface area contributed by atoms with Crippen LogP contribution in [-0.4, -0.2) is 5.78 Å². The van der Waals surface area contributed by atoms with Crippen LogP contribution >= 0.6 is 0 Å². The molecule has 0 saturated heterocycles. The fraction of sp³-hybridized carbons (Fsp3) is 0.500. The Morgan fingerprint density at radius 1 is 1.20 bits per heavy atom. The number of ketones is 1. The van der Waals surface area contributed by atoms with Crippen molar-refractivity contribution in [1.29, 1.82) is 0 Å². The summed E-state index contributed by atoms with van der Waals surface area (Å²) < 4.78 is 0. The Morgan fingerprint density at radius 3 is 2.53 bits per heavy atom. The molecule has 1 heteroatoms. The molecule has 0 spiro atoms. The molecule has 1 nitrogen and oxygen atoms in total. The largest absolute Gasteiger partial charge is 0.299 e. The quantitative estimate of drug-likeness (QED) is 0.716. The molecule has 1 fully saturated rings. The van der Waals surface area contributed by atoms with E-state index in [9.17, 15) is 4.79 Å². The second-order valence-electron chi connectivity index (χ2n) is 4.46. The van der Waals surface area contributed by atoms with E-state index in [0.717, 1.165) is 19.3 Å². The molecule has 0 heterocycles. The number of benzene rings is 1. The molecule has 0 amide bonds. The van der Waals surface area contributed by atoms with Gasteiger partial charge in [0, 0.05) is 12.3 Å². The molecule has 0 aliphatic heterocycles. The van der Waals surface area contributed by atoms with E-state index in [1.54, 1.807) is 0 Å². The fourth-order valence-corrected chi connectivity index (χ4v) is 2.52. The van der Waals surface area contributed by atoms with Crippen molar-refractivity contribution >= 4 is 5.78 Å². The van der Waals surface area contributed by atoms with Crippen LogP contribution in [0.15, 0.2) is 30.3 Å². The highest BCUT2D eigenvalue weighted by Gasteiger charge is 2.27. The highest BCUT2D eigenvalue weighted by molar-refractivity contribution is 5.82. The van der Waals surface area contributed by atoms with Crippen LogP contribution in [0.25, 0.3) is 0 Å². The maximum absolute atomic E-state index is 11.8. The number of Topliss-reactive ketones (excluding diaryl/α,β-unsaturated/α-hetero) is 1. The molecule has 2 rings (SSSR count). The van der Waals surface area contributed by atoms with Crippen LogP contribution < -0.4 is 0 Å². The van der Waals surface area contributed by atoms with Crippen molar-refractivity contribution in [2.24, 2.45) is 5.92 Å². The van der Waals surface area contributed by atoms with Gasteiger partial charge in [0.05, 0.1) is 0 Å². The third kappa shape index (κ3) is 2.28. The number of carbonyl (C=O) groups is 1. The minimum atomic E-state index is 0.338. The second kappa shape index (κ2) is 4.61. The molecule has 1 aromatic carbocycles. The van der Waals surface area contributed by atoms with Crippen LogP contribution in [0.4, 0.5) is 0 Å². The first-order valence-corrected chi connectivity index (χ1v) is 5.89. The average molecular weight is 202 g/mol. The number of hydrogen-bond donors (Lipinski definition) is 0. The first-order chi connectivity index (χ1) is 7.31. The van der Waals surface area contributed by atoms with Gasteiger partial charge in [-0.3, -0.25) is 4.79 Å². The van der Waals surface area contributed by atoms with Crippen LogP contribution in [0, 0.1) is 5.92 Å². The molecule has 15 heavy (non-hydrogen) atoms. The number of rotatable bonds is 2. The van der Waals surface area contributed by atoms with Gasteiger partial charge in [-0.2, -0.15) is 0 Å². The van der Waals surface area contributed by atoms with Gasteiger partial charge in [-0.25, -0.2) is 0 Å². The lowest BCUT2D eigenvalue weighted by Crippen LogP contribution is -2.23. The van der Waals surface area contributed by atoms with Crippen molar-refractivity contribution in [3.63, 3.8) is 0 Å². The molecule has 0 N–H and O–H groups in total. The average Bonchev–Trinajstić information content (AvgIpc) is 2.30. The van der Waals surface area contributed by atoms with Crippen molar-refractivity contribution in [1.82, 2.24) is 0 Å². The van der Waals surface area contributed by atoms with Crippen LogP contribution in [0.5, 0.6) is 0 Å². The summed E-state index contributed by atoms with van der Waals surface area (Å²) in [5, 5.41) is 0. The molecular formula is C14H18O. The first-order valence-electron chi connectivity index (χ1n) is 5.89. The Bertz CT molecular complexity index is 328. The van der Waals surface area contributed by atoms with E-state index in [0.29, 0.717) is 17.6 Å². The molecular weight excluding hydrogens is 184 g/mol. The standard InChI is InChI=1S/C14H18O/c1-2-11-8-9-13(10-14(11)15)12-6-4-3-5-7-12/h3-7,11,13H,2,8-10H2,1H3. The molecule has 1 aromatic rings. The number of carbonyl (C=O) groups excluding carboxylic acids is 1. The molecule has 0 aromatic heterocycles. The predicted molar refractivity (Wildman–Crippen MR) is 61.8 cm³/mol. The molecule has 0 bridgehead atoms. The third-order valence-electron chi connectivity index (χ3n) is 3.53. The van der Waals surface area contributed by atoms with Crippen molar-refractivity contribution in [3.05, 3.63) is 35.9 Å². The highest BCUT2D eigenvalue weighted by Crippen LogP contribution is 2.34. The van der Waals surface area contributed by atoms with Gasteiger partial charge >= 0.3 is 0 Å². The highest BCUT2D eigenvalue weighted by atomic mass is 16.1. The van der Waals surface area contributed by atoms with Gasteiger partial charge in [0.1, 0.15) is 5.78 Å². The van der Waals surface area contributed by atoms with Gasteiger partial charge in [0.15, 0.2) is 0 Å². The van der Waals surface area contributed by atoms with Crippen molar-refractivity contribution in [3.8, 4) is 0 Å². The van der Waals surface area contributed by atoms with Gasteiger partial charge in [-0.05, 0) is 30.7 Å². The monoisotopic (exact) mass is 202 g/mol. The summed E-state index contributed by atoms with van der Waals surface area (Å²) in [5.74, 6) is 1.28. The third-order valence-corrected chi connectivity index (χ3v) is 3.53. The molecule has 0 radical (unpaired) electrons. The maximum atomic E-state index is 11.8. The van der Waals surface area contributed by atoms with Crippen LogP contribution in [0.3, 0.4) is 0 Å². The van der Waals surface area contributed by atoms with Gasteiger partial charge < -0.3 is 0 Å². The second-order valence-corrected chi connectivity index (χ2v) is 4.46. The lowest BCUT2D eigenvalue weighted by atomic mass is 9.77. The van der Waals surface area contributed by atoms with Gasteiger partial charge in [0.25, 0.3) is 0 Å². The smallest absolute Gasteiger partial charge is 0.136 e. The lowest BCUT2D eigenvalue weighted by Gasteiger charge is -2.26. The zero-order chi connectivity index (χ0) is 10.7. The van der Waals surface area contributed by atoms with Crippen molar-refractivity contribution in [2.75, 3.05) is 0 Å². The van der Waals surface area contributed by atoms with Crippen LogP contribution in [0.1, 0.15) is 44.1 Å². The summed E-state index contributed by atoms with van der Waals surface area (Å²) in [7, 11) is 0. The molecule has 2 unspecified atom stereocenters. The Kier molecular flexibility index (Phi) is 3.20. The topological polar surface area (TPSA) is 17.1 Å². The summed E-state index contributed by atoms with van der Waals surface area (Å²) in [4.78, 5) is 11.8. The van der Waals surface area contributed by atoms with Crippen LogP contribution in [0.2, 0.25) is 0 Å². The summed E-state index contributed by atoms with van der Waals surface area (Å²) in [6.07, 6.45) is 4.02. The van der Waals surface area contributed by atoms with Crippen LogP contribution in [-0.2, 0) is 4.79 Å². The Hall–Kier alpha value is -1.11. The normalized spacial score (nSPS) is 26.6. The van der Waals surface area contributed by atoms with E-state index in [-0.39, 0.29) is 0 Å². The van der Waals surface area contributed by atoms with Crippen molar-refractivity contribution < 1.29 is 4.79 Å². The minimum absolute atomic E-state index is 0.338. The first kappa shape index (κ1) is 10.4. The fourth-order valence-electron chi connectivity index (χ4n) is 2.52. The maximum Gasteiger partial charge on any atom is 0.136 e. The van der Waals surface area contributed by atoms with E-state index in [4.69, 9.17) is 0 Å². The SMILES string of the molecule is CCC1CCC(c2ccccc2)CC1=O. The van der Waals surface area contributed by atoms with E-state index in [1.165, 1.54) is 12.0 Å². The molecule has 2 atom stereocenters. The lowest BCUT2D eigenvalue weighted by molar-refractivity contribution is -0.125.